The molecule has 8 nitrogen and oxygen atoms in total. The van der Waals surface area contributed by atoms with E-state index in [0.29, 0.717) is 0 Å². The molecule has 36 heavy (non-hydrogen) atoms. The standard InChI is InChI=1S/C27H23N7OS/c1-15(35)25-4-5-26(36-25)20-11-29-12-23-18(20)7-22(31-23)27-19-8-21(30-13-24(19)32-33-27)17-6-16(9-28-10-17)14-34(2)3/h4-13,31H,14H2,1-3H3,(H,32,33). The summed E-state index contributed by atoms with van der Waals surface area (Å²) in [4.78, 5) is 32.6. The van der Waals surface area contributed by atoms with E-state index in [-0.39, 0.29) is 5.78 Å². The van der Waals surface area contributed by atoms with E-state index in [4.69, 9.17) is 0 Å². The molecule has 0 saturated carbocycles. The van der Waals surface area contributed by atoms with Crippen LogP contribution in [0.5, 0.6) is 0 Å². The SMILES string of the molecule is CC(=O)c1ccc(-c2cncc3[nH]c(-c4n[nH]c5cnc(-c6cncc(CN(C)C)c6)cc45)cc23)s1. The van der Waals surface area contributed by atoms with E-state index in [2.05, 4.69) is 47.2 Å². The Hall–Kier alpha value is -4.21. The first-order valence-corrected chi connectivity index (χ1v) is 12.3. The van der Waals surface area contributed by atoms with Crippen molar-refractivity contribution in [1.82, 2.24) is 35.0 Å². The zero-order valence-electron chi connectivity index (χ0n) is 20.0. The average molecular weight is 494 g/mol. The Balaban J connectivity index is 1.43. The van der Waals surface area contributed by atoms with Gasteiger partial charge in [0.25, 0.3) is 0 Å². The maximum absolute atomic E-state index is 11.8. The smallest absolute Gasteiger partial charge is 0.169 e. The predicted molar refractivity (Wildman–Crippen MR) is 143 cm³/mol. The van der Waals surface area contributed by atoms with Gasteiger partial charge in [-0.2, -0.15) is 5.10 Å². The molecule has 6 aromatic rings. The van der Waals surface area contributed by atoms with Crippen LogP contribution < -0.4 is 0 Å². The molecule has 2 N–H and O–H groups in total. The molecule has 6 aromatic heterocycles. The van der Waals surface area contributed by atoms with Crippen molar-refractivity contribution in [2.75, 3.05) is 14.1 Å². The Labute approximate surface area is 211 Å². The fraction of sp³-hybridized carbons (Fsp3) is 0.148. The fourth-order valence-electron chi connectivity index (χ4n) is 4.41. The molecule has 0 radical (unpaired) electrons. The molecule has 0 amide bonds. The summed E-state index contributed by atoms with van der Waals surface area (Å²) in [7, 11) is 4.08. The molecule has 0 aliphatic carbocycles. The average Bonchev–Trinajstić information content (AvgIpc) is 3.60. The Morgan fingerprint density at radius 2 is 1.83 bits per heavy atom. The number of aromatic amines is 2. The molecule has 0 aliphatic heterocycles. The van der Waals surface area contributed by atoms with Gasteiger partial charge in [-0.05, 0) is 56.9 Å². The molecule has 0 bridgehead atoms. The van der Waals surface area contributed by atoms with Crippen LogP contribution in [0.15, 0.2) is 61.3 Å². The lowest BCUT2D eigenvalue weighted by atomic mass is 10.1. The summed E-state index contributed by atoms with van der Waals surface area (Å²) in [5.41, 5.74) is 7.37. The molecular formula is C27H23N7OS. The first kappa shape index (κ1) is 22.3. The van der Waals surface area contributed by atoms with E-state index in [1.54, 1.807) is 6.92 Å². The van der Waals surface area contributed by atoms with E-state index >= 15 is 0 Å². The van der Waals surface area contributed by atoms with Gasteiger partial charge in [0.05, 0.1) is 39.7 Å². The summed E-state index contributed by atoms with van der Waals surface area (Å²) in [6.45, 7) is 2.40. The molecule has 0 fully saturated rings. The van der Waals surface area contributed by atoms with Gasteiger partial charge in [-0.25, -0.2) is 0 Å². The van der Waals surface area contributed by atoms with Crippen LogP contribution in [-0.2, 0) is 6.54 Å². The number of Topliss-reactive ketones (excluding diaryl/α,β-unsaturated/α-hetero) is 1. The highest BCUT2D eigenvalue weighted by Crippen LogP contribution is 2.36. The number of hydrogen-bond donors (Lipinski definition) is 2. The highest BCUT2D eigenvalue weighted by Gasteiger charge is 2.16. The summed E-state index contributed by atoms with van der Waals surface area (Å²) in [5.74, 6) is 0.0657. The van der Waals surface area contributed by atoms with Gasteiger partial charge in [0.2, 0.25) is 0 Å². The normalized spacial score (nSPS) is 11.7. The van der Waals surface area contributed by atoms with E-state index in [9.17, 15) is 4.79 Å². The Kier molecular flexibility index (Phi) is 5.43. The Morgan fingerprint density at radius 3 is 2.64 bits per heavy atom. The summed E-state index contributed by atoms with van der Waals surface area (Å²) in [5, 5.41) is 9.70. The molecule has 6 heterocycles. The monoisotopic (exact) mass is 493 g/mol. The van der Waals surface area contributed by atoms with Crippen molar-refractivity contribution in [3.63, 3.8) is 0 Å². The minimum Gasteiger partial charge on any atom is -0.352 e. The molecule has 0 atom stereocenters. The summed E-state index contributed by atoms with van der Waals surface area (Å²) in [6, 6.07) is 10.1. The highest BCUT2D eigenvalue weighted by atomic mass is 32.1. The van der Waals surface area contributed by atoms with Gasteiger partial charge in [0.15, 0.2) is 5.78 Å². The molecule has 9 heteroatoms. The number of nitrogens with zero attached hydrogens (tertiary/aromatic N) is 5. The predicted octanol–water partition coefficient (Wildman–Crippen LogP) is 5.56. The van der Waals surface area contributed by atoms with Gasteiger partial charge < -0.3 is 9.88 Å². The second-order valence-corrected chi connectivity index (χ2v) is 10.1. The molecule has 0 unspecified atom stereocenters. The largest absolute Gasteiger partial charge is 0.352 e. The Bertz CT molecular complexity index is 1740. The number of nitrogens with one attached hydrogen (secondary N) is 2. The molecule has 6 rings (SSSR count). The number of carbonyl (C=O) groups excluding carboxylic acids is 1. The minimum atomic E-state index is 0.0657. The van der Waals surface area contributed by atoms with Crippen molar-refractivity contribution in [3.8, 4) is 33.1 Å². The number of pyridine rings is 3. The second-order valence-electron chi connectivity index (χ2n) is 9.06. The first-order chi connectivity index (χ1) is 17.5. The zero-order chi connectivity index (χ0) is 24.8. The van der Waals surface area contributed by atoms with Gasteiger partial charge in [-0.3, -0.25) is 24.8 Å². The number of thiophene rings is 1. The number of H-pyrrole nitrogens is 2. The number of carbonyl (C=O) groups is 1. The van der Waals surface area contributed by atoms with Crippen LogP contribution in [0.4, 0.5) is 0 Å². The van der Waals surface area contributed by atoms with E-state index in [0.717, 1.165) is 71.9 Å². The van der Waals surface area contributed by atoms with Crippen LogP contribution in [0.1, 0.15) is 22.2 Å². The van der Waals surface area contributed by atoms with Crippen LogP contribution in [-0.4, -0.2) is 54.9 Å². The molecular weight excluding hydrogens is 470 g/mol. The molecule has 0 saturated heterocycles. The summed E-state index contributed by atoms with van der Waals surface area (Å²) in [6.07, 6.45) is 9.18. The third-order valence-electron chi connectivity index (χ3n) is 6.06. The molecule has 0 aliphatic rings. The molecule has 0 spiro atoms. The van der Waals surface area contributed by atoms with Gasteiger partial charge in [0.1, 0.15) is 5.69 Å². The number of ketones is 1. The number of hydrogen-bond acceptors (Lipinski definition) is 7. The Morgan fingerprint density at radius 1 is 0.972 bits per heavy atom. The lowest BCUT2D eigenvalue weighted by Crippen LogP contribution is -2.10. The number of rotatable bonds is 6. The number of fused-ring (bicyclic) bond motifs is 2. The summed E-state index contributed by atoms with van der Waals surface area (Å²) < 4.78 is 0. The van der Waals surface area contributed by atoms with E-state index < -0.39 is 0 Å². The van der Waals surface area contributed by atoms with Crippen molar-refractivity contribution in [2.24, 2.45) is 0 Å². The van der Waals surface area contributed by atoms with Gasteiger partial charge in [-0.1, -0.05) is 0 Å². The van der Waals surface area contributed by atoms with Crippen LogP contribution in [0.25, 0.3) is 54.9 Å². The topological polar surface area (TPSA) is 103 Å². The minimum absolute atomic E-state index is 0.0657. The third kappa shape index (κ3) is 3.98. The highest BCUT2D eigenvalue weighted by molar-refractivity contribution is 7.17. The lowest BCUT2D eigenvalue weighted by molar-refractivity contribution is 0.102. The second kappa shape index (κ2) is 8.78. The zero-order valence-corrected chi connectivity index (χ0v) is 20.8. The first-order valence-electron chi connectivity index (χ1n) is 11.5. The lowest BCUT2D eigenvalue weighted by Gasteiger charge is -2.10. The van der Waals surface area contributed by atoms with Gasteiger partial charge >= 0.3 is 0 Å². The maximum Gasteiger partial charge on any atom is 0.169 e. The van der Waals surface area contributed by atoms with Crippen molar-refractivity contribution < 1.29 is 4.79 Å². The van der Waals surface area contributed by atoms with Gasteiger partial charge in [0, 0.05) is 51.9 Å². The van der Waals surface area contributed by atoms with Crippen molar-refractivity contribution in [3.05, 3.63) is 71.8 Å². The molecule has 178 valence electrons. The molecule has 0 aromatic carbocycles. The van der Waals surface area contributed by atoms with Crippen molar-refractivity contribution >= 4 is 38.9 Å². The van der Waals surface area contributed by atoms with Crippen LogP contribution in [0, 0.1) is 0 Å². The van der Waals surface area contributed by atoms with Crippen LogP contribution >= 0.6 is 11.3 Å². The van der Waals surface area contributed by atoms with Crippen molar-refractivity contribution in [2.45, 2.75) is 13.5 Å². The van der Waals surface area contributed by atoms with Crippen molar-refractivity contribution in [1.29, 1.82) is 0 Å². The van der Waals surface area contributed by atoms with Crippen LogP contribution in [0.3, 0.4) is 0 Å². The van der Waals surface area contributed by atoms with Crippen LogP contribution in [0.2, 0.25) is 0 Å². The quantitative estimate of drug-likeness (QED) is 0.295. The number of aromatic nitrogens is 6. The maximum atomic E-state index is 11.8. The van der Waals surface area contributed by atoms with E-state index in [1.807, 2.05) is 63.3 Å². The third-order valence-corrected chi connectivity index (χ3v) is 7.28. The van der Waals surface area contributed by atoms with E-state index in [1.165, 1.54) is 11.3 Å². The summed E-state index contributed by atoms with van der Waals surface area (Å²) >= 11 is 1.48. The van der Waals surface area contributed by atoms with Gasteiger partial charge in [-0.15, -0.1) is 11.3 Å². The fourth-order valence-corrected chi connectivity index (χ4v) is 5.33.